The van der Waals surface area contributed by atoms with Gasteiger partial charge in [-0.3, -0.25) is 19.9 Å². The van der Waals surface area contributed by atoms with Crippen molar-refractivity contribution < 1.29 is 9.59 Å². The first-order chi connectivity index (χ1) is 18.2. The van der Waals surface area contributed by atoms with E-state index in [4.69, 9.17) is 28.8 Å². The van der Waals surface area contributed by atoms with Gasteiger partial charge in [0.05, 0.1) is 0 Å². The lowest BCUT2D eigenvalue weighted by molar-refractivity contribution is -0.121. The maximum Gasteiger partial charge on any atom is 0.280 e. The molecule has 0 aromatic carbocycles. The van der Waals surface area contributed by atoms with E-state index in [0.717, 1.165) is 84.5 Å². The summed E-state index contributed by atoms with van der Waals surface area (Å²) in [5.74, 6) is -0.680. The maximum absolute atomic E-state index is 12.3. The van der Waals surface area contributed by atoms with E-state index in [1.54, 1.807) is 0 Å². The Labute approximate surface area is 230 Å². The van der Waals surface area contributed by atoms with Crippen LogP contribution in [-0.2, 0) is 4.79 Å². The topological polar surface area (TPSA) is 184 Å². The normalized spacial score (nSPS) is 15.1. The Morgan fingerprint density at radius 3 is 2.24 bits per heavy atom. The molecule has 8 N–H and O–H groups in total. The van der Waals surface area contributed by atoms with Gasteiger partial charge in [0.2, 0.25) is 5.91 Å². The Kier molecular flexibility index (Phi) is 14.1. The van der Waals surface area contributed by atoms with Gasteiger partial charge in [-0.05, 0) is 65.8 Å². The van der Waals surface area contributed by atoms with E-state index >= 15 is 0 Å². The molecule has 13 nitrogen and oxygen atoms in total. The molecule has 2 heterocycles. The monoisotopic (exact) mass is 553 g/mol. The predicted molar refractivity (Wildman–Crippen MR) is 152 cm³/mol. The van der Waals surface area contributed by atoms with Gasteiger partial charge in [0, 0.05) is 45.7 Å². The van der Waals surface area contributed by atoms with E-state index < -0.39 is 5.91 Å². The number of anilines is 2. The molecule has 1 saturated heterocycles. The predicted octanol–water partition coefficient (Wildman–Crippen LogP) is -0.0251. The van der Waals surface area contributed by atoms with E-state index in [9.17, 15) is 9.59 Å². The number of nitrogen functional groups attached to an aromatic ring is 2. The molecule has 0 radical (unpaired) electrons. The van der Waals surface area contributed by atoms with Gasteiger partial charge in [0.1, 0.15) is 0 Å². The molecule has 1 aliphatic rings. The summed E-state index contributed by atoms with van der Waals surface area (Å²) in [6.45, 7) is 8.47. The lowest BCUT2D eigenvalue weighted by atomic mass is 10.2. The van der Waals surface area contributed by atoms with Crippen molar-refractivity contribution in [2.45, 2.75) is 38.5 Å². The molecule has 0 saturated carbocycles. The molecular weight excluding hydrogens is 510 g/mol. The zero-order valence-electron chi connectivity index (χ0n) is 22.7. The number of aliphatic imine (C=N–C) groups is 1. The Bertz CT molecular complexity index is 921. The summed E-state index contributed by atoms with van der Waals surface area (Å²) in [6, 6.07) is 0. The van der Waals surface area contributed by atoms with Crippen LogP contribution in [0.2, 0.25) is 5.15 Å². The largest absolute Gasteiger partial charge is 0.382 e. The number of hydrogen-bond acceptors (Lipinski definition) is 10. The second kappa shape index (κ2) is 17.0. The number of carbonyl (C=O) groups is 2. The number of nitrogens with one attached hydrogen (secondary N) is 2. The van der Waals surface area contributed by atoms with Crippen LogP contribution < -0.4 is 27.8 Å². The molecule has 0 unspecified atom stereocenters. The lowest BCUT2D eigenvalue weighted by Gasteiger charge is -2.34. The third-order valence-electron chi connectivity index (χ3n) is 6.22. The highest BCUT2D eigenvalue weighted by Gasteiger charge is 2.17. The highest BCUT2D eigenvalue weighted by molar-refractivity contribution is 6.31. The van der Waals surface area contributed by atoms with Crippen molar-refractivity contribution in [1.29, 1.82) is 0 Å². The molecule has 0 bridgehead atoms. The van der Waals surface area contributed by atoms with Gasteiger partial charge in [0.15, 0.2) is 28.4 Å². The summed E-state index contributed by atoms with van der Waals surface area (Å²) in [7, 11) is 4.08. The van der Waals surface area contributed by atoms with Crippen molar-refractivity contribution in [1.82, 2.24) is 35.3 Å². The summed E-state index contributed by atoms with van der Waals surface area (Å²) in [5.41, 5.74) is 16.8. The first-order valence-corrected chi connectivity index (χ1v) is 13.6. The number of piperazine rings is 1. The van der Waals surface area contributed by atoms with Crippen LogP contribution in [0.1, 0.15) is 49.0 Å². The van der Waals surface area contributed by atoms with Crippen LogP contribution in [-0.4, -0.2) is 115 Å². The van der Waals surface area contributed by atoms with E-state index in [-0.39, 0.29) is 34.3 Å². The van der Waals surface area contributed by atoms with Crippen molar-refractivity contribution in [3.63, 3.8) is 0 Å². The third kappa shape index (κ3) is 12.2. The SMILES string of the molecule is CN(C)CCCNC(=O)CCCCN1CCN(CCCCN=C(N)NC(=O)c2nc(Cl)c(N)nc2N)CC1. The molecule has 1 aliphatic heterocycles. The van der Waals surface area contributed by atoms with Gasteiger partial charge in [-0.15, -0.1) is 0 Å². The molecule has 0 spiro atoms. The number of amides is 2. The molecular formula is C24H44ClN11O2. The summed E-state index contributed by atoms with van der Waals surface area (Å²) in [4.78, 5) is 43.0. The highest BCUT2D eigenvalue weighted by Crippen LogP contribution is 2.17. The van der Waals surface area contributed by atoms with Crippen molar-refractivity contribution in [2.75, 3.05) is 84.5 Å². The minimum atomic E-state index is -0.644. The number of halogens is 1. The number of guanidine groups is 1. The van der Waals surface area contributed by atoms with Gasteiger partial charge in [-0.2, -0.15) is 0 Å². The number of aromatic nitrogens is 2. The summed E-state index contributed by atoms with van der Waals surface area (Å²) in [5, 5.41) is 5.33. The van der Waals surface area contributed by atoms with Crippen LogP contribution in [0.15, 0.2) is 4.99 Å². The number of nitrogens with two attached hydrogens (primary N) is 3. The van der Waals surface area contributed by atoms with Crippen molar-refractivity contribution in [3.8, 4) is 0 Å². The van der Waals surface area contributed by atoms with Gasteiger partial charge < -0.3 is 37.2 Å². The zero-order chi connectivity index (χ0) is 27.9. The average molecular weight is 554 g/mol. The van der Waals surface area contributed by atoms with Crippen molar-refractivity contribution in [2.24, 2.45) is 10.7 Å². The molecule has 1 aromatic rings. The number of unbranched alkanes of at least 4 members (excludes halogenated alkanes) is 2. The maximum atomic E-state index is 12.3. The molecule has 14 heteroatoms. The second-order valence-corrected chi connectivity index (χ2v) is 10.1. The van der Waals surface area contributed by atoms with E-state index in [1.165, 1.54) is 0 Å². The first-order valence-electron chi connectivity index (χ1n) is 13.2. The summed E-state index contributed by atoms with van der Waals surface area (Å²) in [6.07, 6.45) is 5.40. The third-order valence-corrected chi connectivity index (χ3v) is 6.50. The van der Waals surface area contributed by atoms with E-state index in [0.29, 0.717) is 13.0 Å². The summed E-state index contributed by atoms with van der Waals surface area (Å²) >= 11 is 5.80. The molecule has 1 aromatic heterocycles. The Morgan fingerprint density at radius 2 is 1.61 bits per heavy atom. The molecule has 0 atom stereocenters. The van der Waals surface area contributed by atoms with Crippen LogP contribution in [0.25, 0.3) is 0 Å². The summed E-state index contributed by atoms with van der Waals surface area (Å²) < 4.78 is 0. The fourth-order valence-corrected chi connectivity index (χ4v) is 4.17. The number of carbonyl (C=O) groups excluding carboxylic acids is 2. The van der Waals surface area contributed by atoms with Gasteiger partial charge in [-0.1, -0.05) is 11.6 Å². The fraction of sp³-hybridized carbons (Fsp3) is 0.708. The molecule has 2 rings (SSSR count). The van der Waals surface area contributed by atoms with Crippen LogP contribution in [0.3, 0.4) is 0 Å². The minimum absolute atomic E-state index is 0.0143. The Morgan fingerprint density at radius 1 is 0.974 bits per heavy atom. The molecule has 2 amide bonds. The Hall–Kier alpha value is -2.74. The van der Waals surface area contributed by atoms with Crippen molar-refractivity contribution >= 4 is 41.0 Å². The highest BCUT2D eigenvalue weighted by atomic mass is 35.5. The van der Waals surface area contributed by atoms with Crippen LogP contribution in [0.4, 0.5) is 11.6 Å². The number of rotatable bonds is 15. The van der Waals surface area contributed by atoms with E-state index in [1.807, 2.05) is 14.1 Å². The average Bonchev–Trinajstić information content (AvgIpc) is 2.87. The molecule has 0 aliphatic carbocycles. The standard InChI is InChI=1S/C24H44ClN11O2/c1-34(2)11-7-10-29-18(37)8-3-5-12-35-14-16-36(17-15-35)13-6-4-9-30-24(28)33-23(38)19-21(26)32-22(27)20(25)31-19/h3-17H2,1-2H3,(H,29,37)(H4,26,27,32)(H3,28,30,33,38). The van der Waals surface area contributed by atoms with Gasteiger partial charge >= 0.3 is 0 Å². The second-order valence-electron chi connectivity index (χ2n) is 9.71. The van der Waals surface area contributed by atoms with Crippen molar-refractivity contribution in [3.05, 3.63) is 10.8 Å². The quantitative estimate of drug-likeness (QED) is 0.112. The number of nitrogens with zero attached hydrogens (tertiary/aromatic N) is 6. The lowest BCUT2D eigenvalue weighted by Crippen LogP contribution is -2.46. The smallest absolute Gasteiger partial charge is 0.280 e. The first kappa shape index (κ1) is 31.5. The van der Waals surface area contributed by atoms with Crippen LogP contribution >= 0.6 is 11.6 Å². The van der Waals surface area contributed by atoms with Crippen LogP contribution in [0.5, 0.6) is 0 Å². The van der Waals surface area contributed by atoms with Gasteiger partial charge in [0.25, 0.3) is 5.91 Å². The zero-order valence-corrected chi connectivity index (χ0v) is 23.5. The van der Waals surface area contributed by atoms with Gasteiger partial charge in [-0.25, -0.2) is 9.97 Å². The van der Waals surface area contributed by atoms with Crippen LogP contribution in [0, 0.1) is 0 Å². The Balaban J connectivity index is 1.51. The molecule has 1 fully saturated rings. The minimum Gasteiger partial charge on any atom is -0.382 e. The molecule has 38 heavy (non-hydrogen) atoms. The number of hydrogen-bond donors (Lipinski definition) is 5. The van der Waals surface area contributed by atoms with E-state index in [2.05, 4.69) is 40.3 Å². The molecule has 214 valence electrons. The fourth-order valence-electron chi connectivity index (χ4n) is 4.04.